The first-order chi connectivity index (χ1) is 9.01. The predicted octanol–water partition coefficient (Wildman–Crippen LogP) is 1.97. The van der Waals surface area contributed by atoms with E-state index in [0.29, 0.717) is 6.61 Å². The second-order valence-electron chi connectivity index (χ2n) is 3.73. The molecular weight excluding hydrogens is 252 g/mol. The second kappa shape index (κ2) is 6.58. The zero-order valence-electron chi connectivity index (χ0n) is 11.0. The van der Waals surface area contributed by atoms with E-state index in [0.717, 1.165) is 0 Å². The molecule has 0 aliphatic carbocycles. The minimum atomic E-state index is -0.694. The number of methoxy groups -OCH3 is 1. The largest absolute Gasteiger partial charge is 0.487 e. The summed E-state index contributed by atoms with van der Waals surface area (Å²) in [5.41, 5.74) is 0.0222. The highest BCUT2D eigenvalue weighted by molar-refractivity contribution is 5.81. The molecule has 0 amide bonds. The van der Waals surface area contributed by atoms with Gasteiger partial charge in [-0.15, -0.1) is 0 Å². The number of esters is 1. The Kier molecular flexibility index (Phi) is 5.11. The first-order valence-electron chi connectivity index (χ1n) is 5.75. The van der Waals surface area contributed by atoms with Gasteiger partial charge < -0.3 is 14.8 Å². The van der Waals surface area contributed by atoms with Gasteiger partial charge in [0, 0.05) is 0 Å². The number of benzene rings is 1. The molecule has 0 spiro atoms. The maximum Gasteiger partial charge on any atom is 0.333 e. The molecule has 19 heavy (non-hydrogen) atoms. The standard InChI is InChI=1S/C12H16N2O5/c1-4-19-10-7-5-6-9(11(10)14(16)17)13-8(2)12(15)18-3/h5-8,13H,4H2,1-3H3. The van der Waals surface area contributed by atoms with Crippen molar-refractivity contribution in [2.24, 2.45) is 0 Å². The highest BCUT2D eigenvalue weighted by Gasteiger charge is 2.23. The van der Waals surface area contributed by atoms with Crippen LogP contribution in [-0.2, 0) is 9.53 Å². The highest BCUT2D eigenvalue weighted by Crippen LogP contribution is 2.35. The molecule has 0 aliphatic rings. The molecule has 7 heteroatoms. The van der Waals surface area contributed by atoms with E-state index >= 15 is 0 Å². The van der Waals surface area contributed by atoms with Crippen LogP contribution in [0.15, 0.2) is 18.2 Å². The quantitative estimate of drug-likeness (QED) is 0.482. The van der Waals surface area contributed by atoms with E-state index < -0.39 is 16.9 Å². The Labute approximate surface area is 110 Å². The summed E-state index contributed by atoms with van der Waals surface area (Å²) in [4.78, 5) is 21.9. The number of para-hydroxylation sites is 1. The van der Waals surface area contributed by atoms with Crippen LogP contribution in [0.1, 0.15) is 13.8 Å². The van der Waals surface area contributed by atoms with Gasteiger partial charge in [-0.3, -0.25) is 10.1 Å². The molecule has 0 saturated heterocycles. The third kappa shape index (κ3) is 3.57. The van der Waals surface area contributed by atoms with Gasteiger partial charge in [-0.2, -0.15) is 0 Å². The molecule has 0 bridgehead atoms. The summed E-state index contributed by atoms with van der Waals surface area (Å²) in [6.45, 7) is 3.61. The number of carbonyl (C=O) groups is 1. The van der Waals surface area contributed by atoms with Gasteiger partial charge in [-0.25, -0.2) is 4.79 Å². The lowest BCUT2D eigenvalue weighted by atomic mass is 10.2. The minimum absolute atomic E-state index is 0.162. The Hall–Kier alpha value is -2.31. The van der Waals surface area contributed by atoms with E-state index in [1.807, 2.05) is 0 Å². The number of anilines is 1. The summed E-state index contributed by atoms with van der Waals surface area (Å²) in [6.07, 6.45) is 0. The average molecular weight is 268 g/mol. The van der Waals surface area contributed by atoms with Gasteiger partial charge in [-0.1, -0.05) is 6.07 Å². The smallest absolute Gasteiger partial charge is 0.333 e. The van der Waals surface area contributed by atoms with Gasteiger partial charge in [0.2, 0.25) is 0 Å². The molecule has 1 atom stereocenters. The zero-order valence-corrected chi connectivity index (χ0v) is 11.0. The number of rotatable bonds is 6. The van der Waals surface area contributed by atoms with Crippen LogP contribution in [0.3, 0.4) is 0 Å². The molecule has 104 valence electrons. The lowest BCUT2D eigenvalue weighted by molar-refractivity contribution is -0.384. The first kappa shape index (κ1) is 14.7. The monoisotopic (exact) mass is 268 g/mol. The third-order valence-corrected chi connectivity index (χ3v) is 2.41. The van der Waals surface area contributed by atoms with Crippen molar-refractivity contribution < 1.29 is 19.2 Å². The van der Waals surface area contributed by atoms with E-state index in [4.69, 9.17) is 4.74 Å². The van der Waals surface area contributed by atoms with Crippen molar-refractivity contribution in [1.29, 1.82) is 0 Å². The summed E-state index contributed by atoms with van der Waals surface area (Å²) < 4.78 is 9.77. The molecule has 1 unspecified atom stereocenters. The lowest BCUT2D eigenvalue weighted by Gasteiger charge is -2.14. The van der Waals surface area contributed by atoms with Crippen LogP contribution < -0.4 is 10.1 Å². The Bertz CT molecular complexity index is 475. The zero-order chi connectivity index (χ0) is 14.4. The maximum absolute atomic E-state index is 11.3. The number of hydrogen-bond acceptors (Lipinski definition) is 6. The van der Waals surface area contributed by atoms with Gasteiger partial charge in [-0.05, 0) is 26.0 Å². The van der Waals surface area contributed by atoms with Crippen LogP contribution in [-0.4, -0.2) is 30.7 Å². The molecule has 0 heterocycles. The fourth-order valence-corrected chi connectivity index (χ4v) is 1.57. The van der Waals surface area contributed by atoms with E-state index in [-0.39, 0.29) is 17.1 Å². The van der Waals surface area contributed by atoms with Crippen molar-refractivity contribution in [2.75, 3.05) is 19.0 Å². The number of nitrogens with zero attached hydrogens (tertiary/aromatic N) is 1. The number of ether oxygens (including phenoxy) is 2. The summed E-state index contributed by atoms with van der Waals surface area (Å²) in [5, 5.41) is 13.9. The van der Waals surface area contributed by atoms with Crippen molar-refractivity contribution in [1.82, 2.24) is 0 Å². The van der Waals surface area contributed by atoms with E-state index in [2.05, 4.69) is 10.1 Å². The molecule has 1 aromatic rings. The van der Waals surface area contributed by atoms with Gasteiger partial charge >= 0.3 is 11.7 Å². The number of nitro groups is 1. The van der Waals surface area contributed by atoms with Crippen molar-refractivity contribution in [2.45, 2.75) is 19.9 Å². The first-order valence-corrected chi connectivity index (χ1v) is 5.75. The van der Waals surface area contributed by atoms with Gasteiger partial charge in [0.15, 0.2) is 5.75 Å². The van der Waals surface area contributed by atoms with Crippen molar-refractivity contribution in [3.63, 3.8) is 0 Å². The van der Waals surface area contributed by atoms with Gasteiger partial charge in [0.25, 0.3) is 0 Å². The fraction of sp³-hybridized carbons (Fsp3) is 0.417. The normalized spacial score (nSPS) is 11.5. The molecular formula is C12H16N2O5. The van der Waals surface area contributed by atoms with Crippen LogP contribution in [0.4, 0.5) is 11.4 Å². The van der Waals surface area contributed by atoms with E-state index in [1.165, 1.54) is 19.2 Å². The number of nitrogens with one attached hydrogen (secondary N) is 1. The molecule has 1 rings (SSSR count). The summed E-state index contributed by atoms with van der Waals surface area (Å²) >= 11 is 0. The number of nitro benzene ring substituents is 1. The fourth-order valence-electron chi connectivity index (χ4n) is 1.57. The topological polar surface area (TPSA) is 90.7 Å². The highest BCUT2D eigenvalue weighted by atomic mass is 16.6. The molecule has 1 N–H and O–H groups in total. The molecule has 0 aromatic heterocycles. The lowest BCUT2D eigenvalue weighted by Crippen LogP contribution is -2.27. The average Bonchev–Trinajstić information content (AvgIpc) is 2.37. The van der Waals surface area contributed by atoms with Crippen molar-refractivity contribution in [3.05, 3.63) is 28.3 Å². The third-order valence-electron chi connectivity index (χ3n) is 2.41. The Morgan fingerprint density at radius 1 is 1.53 bits per heavy atom. The minimum Gasteiger partial charge on any atom is -0.487 e. The maximum atomic E-state index is 11.3. The molecule has 7 nitrogen and oxygen atoms in total. The number of hydrogen-bond donors (Lipinski definition) is 1. The molecule has 0 aliphatic heterocycles. The van der Waals surface area contributed by atoms with Crippen LogP contribution in [0.2, 0.25) is 0 Å². The van der Waals surface area contributed by atoms with Crippen LogP contribution in [0.25, 0.3) is 0 Å². The van der Waals surface area contributed by atoms with Crippen LogP contribution >= 0.6 is 0 Å². The van der Waals surface area contributed by atoms with Crippen LogP contribution in [0.5, 0.6) is 5.75 Å². The Morgan fingerprint density at radius 2 is 2.21 bits per heavy atom. The molecule has 0 saturated carbocycles. The summed E-state index contributed by atoms with van der Waals surface area (Å²) in [7, 11) is 1.26. The SMILES string of the molecule is CCOc1cccc(NC(C)C(=O)OC)c1[N+](=O)[O-]. The Balaban J connectivity index is 3.09. The second-order valence-corrected chi connectivity index (χ2v) is 3.73. The number of carbonyl (C=O) groups excluding carboxylic acids is 1. The van der Waals surface area contributed by atoms with Gasteiger partial charge in [0.05, 0.1) is 18.6 Å². The molecule has 0 fully saturated rings. The van der Waals surface area contributed by atoms with E-state index in [9.17, 15) is 14.9 Å². The molecule has 1 aromatic carbocycles. The Morgan fingerprint density at radius 3 is 2.74 bits per heavy atom. The summed E-state index contributed by atoms with van der Waals surface area (Å²) in [6, 6.07) is 3.95. The van der Waals surface area contributed by atoms with Crippen LogP contribution in [0, 0.1) is 10.1 Å². The predicted molar refractivity (Wildman–Crippen MR) is 69.4 cm³/mol. The summed E-state index contributed by atoms with van der Waals surface area (Å²) in [5.74, 6) is -0.342. The van der Waals surface area contributed by atoms with E-state index in [1.54, 1.807) is 19.9 Å². The van der Waals surface area contributed by atoms with Crippen molar-refractivity contribution >= 4 is 17.3 Å². The van der Waals surface area contributed by atoms with Gasteiger partial charge in [0.1, 0.15) is 11.7 Å². The van der Waals surface area contributed by atoms with Crippen molar-refractivity contribution in [3.8, 4) is 5.75 Å². The molecule has 0 radical (unpaired) electrons.